The largest absolute Gasteiger partial charge is 0.573 e. The summed E-state index contributed by atoms with van der Waals surface area (Å²) in [5.41, 5.74) is 6.09. The van der Waals surface area contributed by atoms with Crippen LogP contribution in [0.4, 0.5) is 13.2 Å². The molecule has 1 aromatic carbocycles. The van der Waals surface area contributed by atoms with Crippen LogP contribution in [0.1, 0.15) is 19.4 Å². The molecule has 6 heteroatoms. The number of benzene rings is 1. The Hall–Kier alpha value is -1.27. The first-order valence-corrected chi connectivity index (χ1v) is 6.38. The maximum Gasteiger partial charge on any atom is 0.573 e. The monoisotopic (exact) mass is 291 g/mol. The number of rotatable bonds is 6. The van der Waals surface area contributed by atoms with Crippen LogP contribution in [0, 0.1) is 11.3 Å². The van der Waals surface area contributed by atoms with Gasteiger partial charge in [-0.15, -0.1) is 13.2 Å². The highest BCUT2D eigenvalue weighted by atomic mass is 19.4. The minimum atomic E-state index is -4.69. The predicted octanol–water partition coefficient (Wildman–Crippen LogP) is 2.72. The zero-order valence-electron chi connectivity index (χ0n) is 11.6. The molecule has 0 bridgehead atoms. The fraction of sp³-hybridized carbons (Fsp3) is 0.571. The minimum Gasteiger partial charge on any atom is -0.406 e. The number of aliphatic hydroxyl groups excluding tert-OH is 1. The molecule has 114 valence electrons. The minimum absolute atomic E-state index is 0.0675. The molecule has 20 heavy (non-hydrogen) atoms. The van der Waals surface area contributed by atoms with E-state index < -0.39 is 11.8 Å². The molecule has 1 rings (SSSR count). The van der Waals surface area contributed by atoms with E-state index in [-0.39, 0.29) is 18.3 Å². The Kier molecular flexibility index (Phi) is 5.42. The molecule has 0 aliphatic rings. The number of alkyl halides is 3. The van der Waals surface area contributed by atoms with E-state index in [9.17, 15) is 18.3 Å². The maximum absolute atomic E-state index is 12.1. The lowest BCUT2D eigenvalue weighted by molar-refractivity contribution is -0.274. The highest BCUT2D eigenvalue weighted by Gasteiger charge is 2.33. The number of ether oxygens (including phenoxy) is 1. The summed E-state index contributed by atoms with van der Waals surface area (Å²) >= 11 is 0. The molecule has 0 radical (unpaired) electrons. The Morgan fingerprint density at radius 1 is 1.20 bits per heavy atom. The zero-order valence-corrected chi connectivity index (χ0v) is 11.6. The average Bonchev–Trinajstić information content (AvgIpc) is 2.36. The molecular formula is C14H20F3NO2. The fourth-order valence-corrected chi connectivity index (χ4v) is 2.03. The molecule has 0 aliphatic carbocycles. The SMILES string of the molecule is CC(C)C(CN)(CO)Cc1ccc(OC(F)(F)F)cc1. The molecule has 0 fully saturated rings. The van der Waals surface area contributed by atoms with Crippen molar-refractivity contribution in [2.75, 3.05) is 13.2 Å². The average molecular weight is 291 g/mol. The van der Waals surface area contributed by atoms with Gasteiger partial charge in [0.25, 0.3) is 0 Å². The van der Waals surface area contributed by atoms with Crippen molar-refractivity contribution in [3.8, 4) is 5.75 Å². The first kappa shape index (κ1) is 16.8. The lowest BCUT2D eigenvalue weighted by Crippen LogP contribution is -2.41. The second-order valence-corrected chi connectivity index (χ2v) is 5.25. The number of hydrogen-bond donors (Lipinski definition) is 2. The molecule has 0 heterocycles. The quantitative estimate of drug-likeness (QED) is 0.847. The van der Waals surface area contributed by atoms with Gasteiger partial charge in [0.05, 0.1) is 6.61 Å². The predicted molar refractivity (Wildman–Crippen MR) is 70.2 cm³/mol. The van der Waals surface area contributed by atoms with Gasteiger partial charge in [-0.1, -0.05) is 26.0 Å². The van der Waals surface area contributed by atoms with Crippen molar-refractivity contribution in [1.29, 1.82) is 0 Å². The van der Waals surface area contributed by atoms with Crippen LogP contribution < -0.4 is 10.5 Å². The van der Waals surface area contributed by atoms with E-state index in [2.05, 4.69) is 4.74 Å². The van der Waals surface area contributed by atoms with Crippen LogP contribution in [0.2, 0.25) is 0 Å². The lowest BCUT2D eigenvalue weighted by Gasteiger charge is -2.35. The summed E-state index contributed by atoms with van der Waals surface area (Å²) in [7, 11) is 0. The third-order valence-corrected chi connectivity index (χ3v) is 3.66. The second kappa shape index (κ2) is 6.45. The van der Waals surface area contributed by atoms with Crippen LogP contribution in [0.15, 0.2) is 24.3 Å². The Bertz CT molecular complexity index is 411. The van der Waals surface area contributed by atoms with Crippen molar-refractivity contribution < 1.29 is 23.0 Å². The molecule has 0 amide bonds. The lowest BCUT2D eigenvalue weighted by atomic mass is 9.73. The zero-order chi connectivity index (χ0) is 15.4. The molecule has 1 aromatic rings. The van der Waals surface area contributed by atoms with Crippen LogP contribution in [0.25, 0.3) is 0 Å². The van der Waals surface area contributed by atoms with Gasteiger partial charge in [-0.05, 0) is 30.0 Å². The summed E-state index contributed by atoms with van der Waals surface area (Å²) in [4.78, 5) is 0. The molecule has 0 aromatic heterocycles. The fourth-order valence-electron chi connectivity index (χ4n) is 2.03. The summed E-state index contributed by atoms with van der Waals surface area (Å²) in [6, 6.07) is 5.65. The van der Waals surface area contributed by atoms with Gasteiger partial charge in [0.2, 0.25) is 0 Å². The third-order valence-electron chi connectivity index (χ3n) is 3.66. The van der Waals surface area contributed by atoms with Crippen molar-refractivity contribution in [1.82, 2.24) is 0 Å². The van der Waals surface area contributed by atoms with Gasteiger partial charge in [0.1, 0.15) is 5.75 Å². The summed E-state index contributed by atoms with van der Waals surface area (Å²) in [6.07, 6.45) is -4.18. The Balaban J connectivity index is 2.83. The Morgan fingerprint density at radius 3 is 2.10 bits per heavy atom. The van der Waals surface area contributed by atoms with Crippen LogP contribution in [-0.2, 0) is 6.42 Å². The van der Waals surface area contributed by atoms with Crippen LogP contribution in [-0.4, -0.2) is 24.6 Å². The second-order valence-electron chi connectivity index (χ2n) is 5.25. The number of nitrogens with two attached hydrogens (primary N) is 1. The highest BCUT2D eigenvalue weighted by molar-refractivity contribution is 5.28. The van der Waals surface area contributed by atoms with E-state index in [4.69, 9.17) is 5.73 Å². The molecule has 1 unspecified atom stereocenters. The molecule has 3 nitrogen and oxygen atoms in total. The van der Waals surface area contributed by atoms with Crippen molar-refractivity contribution >= 4 is 0 Å². The van der Waals surface area contributed by atoms with E-state index in [1.165, 1.54) is 12.1 Å². The van der Waals surface area contributed by atoms with Gasteiger partial charge in [0, 0.05) is 12.0 Å². The highest BCUT2D eigenvalue weighted by Crippen LogP contribution is 2.31. The Morgan fingerprint density at radius 2 is 1.75 bits per heavy atom. The topological polar surface area (TPSA) is 55.5 Å². The smallest absolute Gasteiger partial charge is 0.406 e. The van der Waals surface area contributed by atoms with E-state index in [1.807, 2.05) is 13.8 Å². The molecule has 3 N–H and O–H groups in total. The maximum atomic E-state index is 12.1. The van der Waals surface area contributed by atoms with Crippen molar-refractivity contribution in [2.24, 2.45) is 17.1 Å². The van der Waals surface area contributed by atoms with Gasteiger partial charge in [-0.25, -0.2) is 0 Å². The van der Waals surface area contributed by atoms with Crippen molar-refractivity contribution in [2.45, 2.75) is 26.6 Å². The summed E-state index contributed by atoms with van der Waals surface area (Å²) in [5.74, 6) is -0.100. The number of hydrogen-bond acceptors (Lipinski definition) is 3. The standard InChI is InChI=1S/C14H20F3NO2/c1-10(2)13(8-18,9-19)7-11-3-5-12(6-4-11)20-14(15,16)17/h3-6,10,19H,7-9,18H2,1-2H3. The molecule has 0 spiro atoms. The summed E-state index contributed by atoms with van der Waals surface area (Å²) < 4.78 is 40.0. The van der Waals surface area contributed by atoms with Crippen LogP contribution >= 0.6 is 0 Å². The molecule has 0 saturated heterocycles. The van der Waals surface area contributed by atoms with Crippen LogP contribution in [0.5, 0.6) is 5.75 Å². The molecule has 1 atom stereocenters. The Labute approximate surface area is 116 Å². The van der Waals surface area contributed by atoms with E-state index >= 15 is 0 Å². The van der Waals surface area contributed by atoms with E-state index in [0.717, 1.165) is 5.56 Å². The van der Waals surface area contributed by atoms with Gasteiger partial charge in [-0.2, -0.15) is 0 Å². The van der Waals surface area contributed by atoms with Gasteiger partial charge < -0.3 is 15.6 Å². The van der Waals surface area contributed by atoms with E-state index in [1.54, 1.807) is 12.1 Å². The summed E-state index contributed by atoms with van der Waals surface area (Å²) in [5, 5.41) is 9.56. The molecular weight excluding hydrogens is 271 g/mol. The third kappa shape index (κ3) is 4.38. The summed E-state index contributed by atoms with van der Waals surface area (Å²) in [6.45, 7) is 4.17. The molecule has 0 saturated carbocycles. The first-order chi connectivity index (χ1) is 9.22. The van der Waals surface area contributed by atoms with Gasteiger partial charge >= 0.3 is 6.36 Å². The van der Waals surface area contributed by atoms with Gasteiger partial charge in [0.15, 0.2) is 0 Å². The van der Waals surface area contributed by atoms with Crippen molar-refractivity contribution in [3.05, 3.63) is 29.8 Å². The number of halogens is 3. The number of aliphatic hydroxyl groups is 1. The first-order valence-electron chi connectivity index (χ1n) is 6.38. The van der Waals surface area contributed by atoms with E-state index in [0.29, 0.717) is 13.0 Å². The normalized spacial score (nSPS) is 15.2. The van der Waals surface area contributed by atoms with Crippen LogP contribution in [0.3, 0.4) is 0 Å². The van der Waals surface area contributed by atoms with Crippen molar-refractivity contribution in [3.63, 3.8) is 0 Å². The van der Waals surface area contributed by atoms with Gasteiger partial charge in [-0.3, -0.25) is 0 Å². The molecule has 0 aliphatic heterocycles.